The van der Waals surface area contributed by atoms with Crippen molar-refractivity contribution in [1.82, 2.24) is 15.0 Å². The first-order valence-electron chi connectivity index (χ1n) is 5.43. The molecule has 88 valence electrons. The highest BCUT2D eigenvalue weighted by Crippen LogP contribution is 2.36. The Balaban J connectivity index is 2.17. The fourth-order valence-corrected chi connectivity index (χ4v) is 2.53. The Labute approximate surface area is 108 Å². The van der Waals surface area contributed by atoms with Crippen LogP contribution < -0.4 is 5.73 Å². The molecule has 0 aliphatic heterocycles. The zero-order chi connectivity index (χ0) is 12.4. The molecule has 0 bridgehead atoms. The highest BCUT2D eigenvalue weighted by molar-refractivity contribution is 7.19. The third kappa shape index (κ3) is 1.96. The average molecular weight is 254 g/mol. The van der Waals surface area contributed by atoms with E-state index in [2.05, 4.69) is 15.0 Å². The van der Waals surface area contributed by atoms with Crippen LogP contribution in [0.5, 0.6) is 0 Å². The van der Waals surface area contributed by atoms with E-state index in [1.165, 1.54) is 11.3 Å². The van der Waals surface area contributed by atoms with Crippen molar-refractivity contribution in [3.63, 3.8) is 0 Å². The Morgan fingerprint density at radius 1 is 1.06 bits per heavy atom. The summed E-state index contributed by atoms with van der Waals surface area (Å²) in [5.74, 6) is 0. The maximum absolute atomic E-state index is 5.81. The second-order valence-corrected chi connectivity index (χ2v) is 4.72. The van der Waals surface area contributed by atoms with E-state index in [4.69, 9.17) is 5.73 Å². The molecular weight excluding hydrogens is 244 g/mol. The molecule has 2 aromatic heterocycles. The van der Waals surface area contributed by atoms with Gasteiger partial charge in [-0.05, 0) is 0 Å². The predicted molar refractivity (Wildman–Crippen MR) is 73.0 cm³/mol. The van der Waals surface area contributed by atoms with Crippen molar-refractivity contribution in [3.05, 3.63) is 48.9 Å². The Kier molecular flexibility index (Phi) is 2.74. The molecule has 0 saturated heterocycles. The van der Waals surface area contributed by atoms with Crippen LogP contribution in [0.25, 0.3) is 21.8 Å². The summed E-state index contributed by atoms with van der Waals surface area (Å²) < 4.78 is 0. The third-order valence-electron chi connectivity index (χ3n) is 2.49. The fourth-order valence-electron chi connectivity index (χ4n) is 1.72. The second kappa shape index (κ2) is 4.54. The number of anilines is 1. The van der Waals surface area contributed by atoms with Crippen molar-refractivity contribution in [2.24, 2.45) is 0 Å². The lowest BCUT2D eigenvalue weighted by Crippen LogP contribution is -1.86. The number of nitrogens with zero attached hydrogens (tertiary/aromatic N) is 3. The number of hydrogen-bond acceptors (Lipinski definition) is 5. The van der Waals surface area contributed by atoms with Gasteiger partial charge in [0.2, 0.25) is 0 Å². The molecule has 3 rings (SSSR count). The van der Waals surface area contributed by atoms with Gasteiger partial charge >= 0.3 is 0 Å². The lowest BCUT2D eigenvalue weighted by atomic mass is 10.1. The van der Waals surface area contributed by atoms with E-state index < -0.39 is 0 Å². The monoisotopic (exact) mass is 254 g/mol. The van der Waals surface area contributed by atoms with Gasteiger partial charge in [-0.15, -0.1) is 0 Å². The molecule has 4 nitrogen and oxygen atoms in total. The molecule has 0 saturated carbocycles. The van der Waals surface area contributed by atoms with Gasteiger partial charge in [0, 0.05) is 18.0 Å². The topological polar surface area (TPSA) is 64.7 Å². The summed E-state index contributed by atoms with van der Waals surface area (Å²) in [6.07, 6.45) is 5.04. The van der Waals surface area contributed by atoms with Crippen LogP contribution in [0.4, 0.5) is 5.13 Å². The maximum Gasteiger partial charge on any atom is 0.181 e. The van der Waals surface area contributed by atoms with Gasteiger partial charge in [-0.1, -0.05) is 41.7 Å². The van der Waals surface area contributed by atoms with E-state index >= 15 is 0 Å². The van der Waals surface area contributed by atoms with E-state index in [0.29, 0.717) is 5.13 Å². The summed E-state index contributed by atoms with van der Waals surface area (Å²) in [6.45, 7) is 0. The SMILES string of the molecule is Nc1nc(-c2ccccc2)c(-c2cnccn2)s1. The molecule has 0 amide bonds. The summed E-state index contributed by atoms with van der Waals surface area (Å²) >= 11 is 1.43. The van der Waals surface area contributed by atoms with Gasteiger partial charge in [0.05, 0.1) is 16.8 Å². The van der Waals surface area contributed by atoms with Gasteiger partial charge in [0.25, 0.3) is 0 Å². The number of hydrogen-bond donors (Lipinski definition) is 1. The van der Waals surface area contributed by atoms with E-state index in [1.54, 1.807) is 18.6 Å². The van der Waals surface area contributed by atoms with Crippen molar-refractivity contribution >= 4 is 16.5 Å². The maximum atomic E-state index is 5.81. The summed E-state index contributed by atoms with van der Waals surface area (Å²) in [7, 11) is 0. The van der Waals surface area contributed by atoms with E-state index in [0.717, 1.165) is 21.8 Å². The molecule has 5 heteroatoms. The smallest absolute Gasteiger partial charge is 0.181 e. The van der Waals surface area contributed by atoms with E-state index in [1.807, 2.05) is 30.3 Å². The first kappa shape index (κ1) is 10.9. The zero-order valence-corrected chi connectivity index (χ0v) is 10.3. The Morgan fingerprint density at radius 3 is 2.61 bits per heavy atom. The Hall–Kier alpha value is -2.27. The van der Waals surface area contributed by atoms with Gasteiger partial charge in [-0.25, -0.2) is 4.98 Å². The third-order valence-corrected chi connectivity index (χ3v) is 3.39. The molecule has 0 spiro atoms. The van der Waals surface area contributed by atoms with Crippen molar-refractivity contribution in [1.29, 1.82) is 0 Å². The molecule has 0 radical (unpaired) electrons. The minimum atomic E-state index is 0.537. The Morgan fingerprint density at radius 2 is 1.89 bits per heavy atom. The van der Waals surface area contributed by atoms with Crippen LogP contribution in [-0.2, 0) is 0 Å². The minimum absolute atomic E-state index is 0.537. The van der Waals surface area contributed by atoms with Crippen molar-refractivity contribution in [3.8, 4) is 21.8 Å². The average Bonchev–Trinajstić information content (AvgIpc) is 2.83. The predicted octanol–water partition coefficient (Wildman–Crippen LogP) is 2.85. The highest BCUT2D eigenvalue weighted by atomic mass is 32.1. The van der Waals surface area contributed by atoms with Crippen LogP contribution in [0.3, 0.4) is 0 Å². The number of aromatic nitrogens is 3. The van der Waals surface area contributed by atoms with Crippen LogP contribution in [-0.4, -0.2) is 15.0 Å². The van der Waals surface area contributed by atoms with Gasteiger partial charge in [-0.2, -0.15) is 0 Å². The first-order valence-corrected chi connectivity index (χ1v) is 6.24. The Bertz CT molecular complexity index is 592. The van der Waals surface area contributed by atoms with Gasteiger partial charge < -0.3 is 5.73 Å². The van der Waals surface area contributed by atoms with Crippen LogP contribution in [0.15, 0.2) is 48.9 Å². The van der Waals surface area contributed by atoms with Gasteiger partial charge in [0.1, 0.15) is 5.69 Å². The van der Waals surface area contributed by atoms with Gasteiger partial charge in [-0.3, -0.25) is 9.97 Å². The number of nitrogens with two attached hydrogens (primary N) is 1. The summed E-state index contributed by atoms with van der Waals surface area (Å²) in [4.78, 5) is 13.7. The molecule has 2 N–H and O–H groups in total. The zero-order valence-electron chi connectivity index (χ0n) is 9.45. The quantitative estimate of drug-likeness (QED) is 0.763. The molecule has 0 aliphatic rings. The van der Waals surface area contributed by atoms with Crippen LogP contribution in [0, 0.1) is 0 Å². The van der Waals surface area contributed by atoms with E-state index in [-0.39, 0.29) is 0 Å². The normalized spacial score (nSPS) is 10.4. The number of benzene rings is 1. The van der Waals surface area contributed by atoms with Crippen molar-refractivity contribution in [2.75, 3.05) is 5.73 Å². The number of nitrogen functional groups attached to an aromatic ring is 1. The summed E-state index contributed by atoms with van der Waals surface area (Å²) in [5, 5.41) is 0.537. The molecule has 1 aromatic carbocycles. The molecule has 0 atom stereocenters. The number of rotatable bonds is 2. The highest BCUT2D eigenvalue weighted by Gasteiger charge is 2.14. The standard InChI is InChI=1S/C13H10N4S/c14-13-17-11(9-4-2-1-3-5-9)12(18-13)10-8-15-6-7-16-10/h1-8H,(H2,14,17). The lowest BCUT2D eigenvalue weighted by molar-refractivity contribution is 1.21. The largest absolute Gasteiger partial charge is 0.375 e. The van der Waals surface area contributed by atoms with Crippen molar-refractivity contribution in [2.45, 2.75) is 0 Å². The summed E-state index contributed by atoms with van der Waals surface area (Å²) in [6, 6.07) is 9.95. The van der Waals surface area contributed by atoms with E-state index in [9.17, 15) is 0 Å². The number of thiazole rings is 1. The molecule has 2 heterocycles. The molecule has 3 aromatic rings. The van der Waals surface area contributed by atoms with Crippen LogP contribution in [0.2, 0.25) is 0 Å². The van der Waals surface area contributed by atoms with Crippen LogP contribution in [0.1, 0.15) is 0 Å². The van der Waals surface area contributed by atoms with Gasteiger partial charge in [0.15, 0.2) is 5.13 Å². The lowest BCUT2D eigenvalue weighted by Gasteiger charge is -2.00. The minimum Gasteiger partial charge on any atom is -0.375 e. The molecule has 0 fully saturated rings. The van der Waals surface area contributed by atoms with Crippen LogP contribution >= 0.6 is 11.3 Å². The second-order valence-electron chi connectivity index (χ2n) is 3.69. The molecule has 0 unspecified atom stereocenters. The molecule has 0 aliphatic carbocycles. The van der Waals surface area contributed by atoms with Crippen molar-refractivity contribution < 1.29 is 0 Å². The first-order chi connectivity index (χ1) is 8.84. The fraction of sp³-hybridized carbons (Fsp3) is 0. The molecule has 18 heavy (non-hydrogen) atoms. The summed E-state index contributed by atoms with van der Waals surface area (Å²) in [5.41, 5.74) is 8.50. The molecular formula is C13H10N4S.